The molecule has 1 N–H and O–H groups in total. The quantitative estimate of drug-likeness (QED) is 0.818. The Labute approximate surface area is 167 Å². The number of carbonyl (C=O) groups is 1. The summed E-state index contributed by atoms with van der Waals surface area (Å²) in [7, 11) is 0. The molecule has 2 aromatic rings. The Morgan fingerprint density at radius 1 is 1.14 bits per heavy atom. The minimum Gasteiger partial charge on any atom is -0.378 e. The zero-order chi connectivity index (χ0) is 20.1. The van der Waals surface area contributed by atoms with Gasteiger partial charge in [-0.1, -0.05) is 17.9 Å². The van der Waals surface area contributed by atoms with Crippen LogP contribution >= 0.6 is 0 Å². The van der Waals surface area contributed by atoms with Gasteiger partial charge in [0.1, 0.15) is 5.60 Å². The maximum absolute atomic E-state index is 13.0. The highest BCUT2D eigenvalue weighted by molar-refractivity contribution is 5.94. The fourth-order valence-corrected chi connectivity index (χ4v) is 3.24. The second kappa shape index (κ2) is 8.45. The lowest BCUT2D eigenvalue weighted by atomic mass is 10.1. The third-order valence-corrected chi connectivity index (χ3v) is 4.65. The molecular weight excluding hydrogens is 350 g/mol. The number of benzene rings is 1. The molecule has 0 unspecified atom stereocenters. The van der Waals surface area contributed by atoms with E-state index in [0.29, 0.717) is 12.1 Å². The van der Waals surface area contributed by atoms with Gasteiger partial charge >= 0.3 is 0 Å². The molecule has 0 bridgehead atoms. The molecule has 1 amide bonds. The predicted molar refractivity (Wildman–Crippen MR) is 111 cm³/mol. The molecule has 28 heavy (non-hydrogen) atoms. The van der Waals surface area contributed by atoms with Gasteiger partial charge in [-0.2, -0.15) is 0 Å². The topological polar surface area (TPSA) is 56.7 Å². The highest BCUT2D eigenvalue weighted by Crippen LogP contribution is 2.18. The van der Waals surface area contributed by atoms with Crippen molar-refractivity contribution in [2.75, 3.05) is 31.1 Å². The molecule has 1 aliphatic heterocycles. The summed E-state index contributed by atoms with van der Waals surface area (Å²) in [6.45, 7) is 8.41. The Morgan fingerprint density at radius 2 is 1.96 bits per heavy atom. The summed E-state index contributed by atoms with van der Waals surface area (Å²) in [6, 6.07) is 11.4. The van der Waals surface area contributed by atoms with E-state index in [4.69, 9.17) is 0 Å². The van der Waals surface area contributed by atoms with Crippen LogP contribution in [0.25, 0.3) is 0 Å². The van der Waals surface area contributed by atoms with E-state index < -0.39 is 5.60 Å². The highest BCUT2D eigenvalue weighted by atomic mass is 16.3. The summed E-state index contributed by atoms with van der Waals surface area (Å²) in [5.41, 5.74) is 2.47. The summed E-state index contributed by atoms with van der Waals surface area (Å²) in [6.07, 6.45) is 2.75. The first kappa shape index (κ1) is 19.9. The van der Waals surface area contributed by atoms with Gasteiger partial charge in [0.25, 0.3) is 5.91 Å². The number of aryl methyl sites for hydroxylation is 1. The lowest BCUT2D eigenvalue weighted by Gasteiger charge is -2.24. The van der Waals surface area contributed by atoms with E-state index in [1.54, 1.807) is 19.9 Å². The number of amides is 1. The monoisotopic (exact) mass is 377 g/mol. The largest absolute Gasteiger partial charge is 0.378 e. The number of hydrogen-bond acceptors (Lipinski definition) is 4. The minimum absolute atomic E-state index is 0.0275. The number of hydrogen-bond donors (Lipinski definition) is 1. The number of pyridine rings is 1. The maximum Gasteiger partial charge on any atom is 0.253 e. The standard InChI is InChI=1S/C23H27N3O2/c1-18-16-21(9-11-24-18)25-12-5-13-26(15-14-25)22(27)20-7-4-6-19(17-20)8-10-23(2,3)28/h4,6-7,9,11,16-17,28H,5,12-15H2,1-3H3. The molecule has 1 saturated heterocycles. The van der Waals surface area contributed by atoms with E-state index in [1.165, 1.54) is 0 Å². The van der Waals surface area contributed by atoms with Gasteiger partial charge in [0.2, 0.25) is 0 Å². The maximum atomic E-state index is 13.0. The average molecular weight is 377 g/mol. The van der Waals surface area contributed by atoms with E-state index >= 15 is 0 Å². The Kier molecular flexibility index (Phi) is 6.01. The number of anilines is 1. The lowest BCUT2D eigenvalue weighted by molar-refractivity contribution is 0.0767. The van der Waals surface area contributed by atoms with Crippen LogP contribution in [0.5, 0.6) is 0 Å². The molecule has 3 rings (SSSR count). The molecule has 1 fully saturated rings. The Bertz CT molecular complexity index is 906. The van der Waals surface area contributed by atoms with Crippen LogP contribution in [0.4, 0.5) is 5.69 Å². The predicted octanol–water partition coefficient (Wildman–Crippen LogP) is 2.86. The zero-order valence-electron chi connectivity index (χ0n) is 16.8. The number of aliphatic hydroxyl groups is 1. The van der Waals surface area contributed by atoms with Crippen molar-refractivity contribution in [3.8, 4) is 11.8 Å². The fourth-order valence-electron chi connectivity index (χ4n) is 3.24. The molecule has 0 radical (unpaired) electrons. The normalized spacial score (nSPS) is 14.9. The van der Waals surface area contributed by atoms with Crippen LogP contribution in [0.2, 0.25) is 0 Å². The van der Waals surface area contributed by atoms with E-state index in [1.807, 2.05) is 42.3 Å². The first-order valence-corrected chi connectivity index (χ1v) is 9.64. The van der Waals surface area contributed by atoms with Crippen LogP contribution in [0.3, 0.4) is 0 Å². The van der Waals surface area contributed by atoms with Crippen molar-refractivity contribution in [3.63, 3.8) is 0 Å². The molecule has 1 aromatic carbocycles. The summed E-state index contributed by atoms with van der Waals surface area (Å²) >= 11 is 0. The molecule has 5 nitrogen and oxygen atoms in total. The third-order valence-electron chi connectivity index (χ3n) is 4.65. The molecule has 1 aliphatic rings. The Balaban J connectivity index is 1.70. The van der Waals surface area contributed by atoms with Gasteiger partial charge < -0.3 is 14.9 Å². The summed E-state index contributed by atoms with van der Waals surface area (Å²) in [5.74, 6) is 5.76. The Morgan fingerprint density at radius 3 is 2.71 bits per heavy atom. The zero-order valence-corrected chi connectivity index (χ0v) is 16.8. The van der Waals surface area contributed by atoms with Gasteiger partial charge in [0.05, 0.1) is 0 Å². The molecule has 5 heteroatoms. The van der Waals surface area contributed by atoms with Crippen molar-refractivity contribution in [2.45, 2.75) is 32.8 Å². The number of nitrogens with zero attached hydrogens (tertiary/aromatic N) is 3. The van der Waals surface area contributed by atoms with Crippen LogP contribution in [-0.2, 0) is 0 Å². The van der Waals surface area contributed by atoms with Gasteiger partial charge in [0.15, 0.2) is 0 Å². The number of carbonyl (C=O) groups excluding carboxylic acids is 1. The summed E-state index contributed by atoms with van der Waals surface area (Å²) in [4.78, 5) is 21.5. The second-order valence-corrected chi connectivity index (χ2v) is 7.68. The molecule has 0 spiro atoms. The average Bonchev–Trinajstić information content (AvgIpc) is 2.92. The second-order valence-electron chi connectivity index (χ2n) is 7.68. The van der Waals surface area contributed by atoms with Crippen LogP contribution in [-0.4, -0.2) is 52.7 Å². The fraction of sp³-hybridized carbons (Fsp3) is 0.391. The third kappa shape index (κ3) is 5.34. The molecule has 2 heterocycles. The van der Waals surface area contributed by atoms with Crippen molar-refractivity contribution in [1.82, 2.24) is 9.88 Å². The summed E-state index contributed by atoms with van der Waals surface area (Å²) in [5, 5.41) is 9.77. The van der Waals surface area contributed by atoms with Crippen LogP contribution < -0.4 is 4.90 Å². The summed E-state index contributed by atoms with van der Waals surface area (Å²) < 4.78 is 0. The van der Waals surface area contributed by atoms with Gasteiger partial charge in [-0.3, -0.25) is 9.78 Å². The number of aromatic nitrogens is 1. The molecule has 1 aromatic heterocycles. The van der Waals surface area contributed by atoms with E-state index in [-0.39, 0.29) is 5.91 Å². The van der Waals surface area contributed by atoms with E-state index in [2.05, 4.69) is 27.8 Å². The van der Waals surface area contributed by atoms with Crippen molar-refractivity contribution in [3.05, 3.63) is 59.4 Å². The van der Waals surface area contributed by atoms with Crippen LogP contribution in [0.1, 0.15) is 41.9 Å². The first-order chi connectivity index (χ1) is 13.3. The van der Waals surface area contributed by atoms with Crippen LogP contribution in [0, 0.1) is 18.8 Å². The van der Waals surface area contributed by atoms with E-state index in [9.17, 15) is 9.90 Å². The number of rotatable bonds is 2. The smallest absolute Gasteiger partial charge is 0.253 e. The molecule has 146 valence electrons. The van der Waals surface area contributed by atoms with Gasteiger partial charge in [-0.05, 0) is 57.5 Å². The highest BCUT2D eigenvalue weighted by Gasteiger charge is 2.21. The lowest BCUT2D eigenvalue weighted by Crippen LogP contribution is -2.35. The first-order valence-electron chi connectivity index (χ1n) is 9.64. The van der Waals surface area contributed by atoms with Gasteiger partial charge in [0, 0.05) is 54.9 Å². The molecule has 0 atom stereocenters. The van der Waals surface area contributed by atoms with Crippen molar-refractivity contribution in [2.24, 2.45) is 0 Å². The van der Waals surface area contributed by atoms with Crippen LogP contribution in [0.15, 0.2) is 42.6 Å². The van der Waals surface area contributed by atoms with E-state index in [0.717, 1.165) is 43.0 Å². The van der Waals surface area contributed by atoms with Crippen molar-refractivity contribution < 1.29 is 9.90 Å². The Hall–Kier alpha value is -2.84. The van der Waals surface area contributed by atoms with Crippen molar-refractivity contribution in [1.29, 1.82) is 0 Å². The van der Waals surface area contributed by atoms with Gasteiger partial charge in [-0.15, -0.1) is 0 Å². The van der Waals surface area contributed by atoms with Gasteiger partial charge in [-0.25, -0.2) is 0 Å². The van der Waals surface area contributed by atoms with Crippen molar-refractivity contribution >= 4 is 11.6 Å². The molecule has 0 aliphatic carbocycles. The minimum atomic E-state index is -1.06. The molecular formula is C23H27N3O2. The SMILES string of the molecule is Cc1cc(N2CCCN(C(=O)c3cccc(C#CC(C)(C)O)c3)CC2)ccn1. The molecule has 0 saturated carbocycles.